The third kappa shape index (κ3) is 3.53. The molecule has 1 fully saturated rings. The number of urea groups is 1. The van der Waals surface area contributed by atoms with E-state index in [1.54, 1.807) is 12.1 Å². The molecule has 128 valence electrons. The molecule has 1 aromatic carbocycles. The summed E-state index contributed by atoms with van der Waals surface area (Å²) in [6.45, 7) is 3.77. The molecule has 1 N–H and O–H groups in total. The van der Waals surface area contributed by atoms with Gasteiger partial charge in [0.05, 0.1) is 12.8 Å². The first-order chi connectivity index (χ1) is 11.3. The molecule has 0 unspecified atom stereocenters. The summed E-state index contributed by atoms with van der Waals surface area (Å²) in [4.78, 5) is 49.7. The van der Waals surface area contributed by atoms with Crippen LogP contribution in [0.2, 0.25) is 0 Å². The third-order valence-electron chi connectivity index (χ3n) is 3.39. The number of amides is 5. The lowest BCUT2D eigenvalue weighted by molar-refractivity contribution is -0.140. The highest BCUT2D eigenvalue weighted by Crippen LogP contribution is 2.24. The Hall–Kier alpha value is -2.90. The zero-order valence-electron chi connectivity index (χ0n) is 13.7. The zero-order chi connectivity index (χ0) is 17.9. The van der Waals surface area contributed by atoms with Gasteiger partial charge in [0.2, 0.25) is 5.91 Å². The number of hydrogen-bond acceptors (Lipinski definition) is 5. The summed E-state index contributed by atoms with van der Waals surface area (Å²) < 4.78 is 5.01. The van der Waals surface area contributed by atoms with Gasteiger partial charge in [0.1, 0.15) is 12.3 Å². The zero-order valence-corrected chi connectivity index (χ0v) is 13.7. The molecule has 1 heterocycles. The van der Waals surface area contributed by atoms with Crippen LogP contribution in [0.15, 0.2) is 24.3 Å². The summed E-state index contributed by atoms with van der Waals surface area (Å²) >= 11 is 0. The molecule has 8 heteroatoms. The van der Waals surface area contributed by atoms with Crippen LogP contribution in [0.5, 0.6) is 5.75 Å². The third-order valence-corrected chi connectivity index (χ3v) is 3.39. The van der Waals surface area contributed by atoms with Crippen molar-refractivity contribution < 1.29 is 23.9 Å². The van der Waals surface area contributed by atoms with Gasteiger partial charge < -0.3 is 10.1 Å². The van der Waals surface area contributed by atoms with E-state index in [1.807, 2.05) is 13.8 Å². The van der Waals surface area contributed by atoms with Crippen LogP contribution >= 0.6 is 0 Å². The fraction of sp³-hybridized carbons (Fsp3) is 0.375. The van der Waals surface area contributed by atoms with Crippen LogP contribution in [0.4, 0.5) is 10.5 Å². The fourth-order valence-electron chi connectivity index (χ4n) is 2.12. The standard InChI is InChI=1S/C16H19N3O5/c1-10(2)8-17-13(20)9-18-14(21)15(22)19(16(18)23)11-4-6-12(24-3)7-5-11/h4-7,10H,8-9H2,1-3H3,(H,17,20). The number of nitrogens with zero attached hydrogens (tertiary/aromatic N) is 2. The maximum Gasteiger partial charge on any atom is 0.339 e. The first-order valence-corrected chi connectivity index (χ1v) is 7.45. The van der Waals surface area contributed by atoms with Crippen LogP contribution in [0, 0.1) is 5.92 Å². The summed E-state index contributed by atoms with van der Waals surface area (Å²) in [5.74, 6) is -1.71. The molecule has 24 heavy (non-hydrogen) atoms. The predicted molar refractivity (Wildman–Crippen MR) is 85.4 cm³/mol. The van der Waals surface area contributed by atoms with Crippen LogP contribution in [0.25, 0.3) is 0 Å². The van der Waals surface area contributed by atoms with Crippen molar-refractivity contribution >= 4 is 29.4 Å². The van der Waals surface area contributed by atoms with Gasteiger partial charge in [0.25, 0.3) is 0 Å². The molecule has 0 aliphatic carbocycles. The Morgan fingerprint density at radius 3 is 2.29 bits per heavy atom. The predicted octanol–water partition coefficient (Wildman–Crippen LogP) is 0.763. The Bertz CT molecular complexity index is 669. The number of carbonyl (C=O) groups is 4. The quantitative estimate of drug-likeness (QED) is 0.612. The SMILES string of the molecule is COc1ccc(N2C(=O)C(=O)N(CC(=O)NCC(C)C)C2=O)cc1. The van der Waals surface area contributed by atoms with Crippen LogP contribution in [-0.2, 0) is 14.4 Å². The van der Waals surface area contributed by atoms with Crippen molar-refractivity contribution in [1.29, 1.82) is 0 Å². The van der Waals surface area contributed by atoms with Crippen LogP contribution in [0.3, 0.4) is 0 Å². The maximum atomic E-state index is 12.4. The average Bonchev–Trinajstić information content (AvgIpc) is 2.77. The second-order valence-electron chi connectivity index (χ2n) is 5.71. The maximum absolute atomic E-state index is 12.4. The van der Waals surface area contributed by atoms with Gasteiger partial charge in [-0.25, -0.2) is 14.6 Å². The minimum absolute atomic E-state index is 0.233. The van der Waals surface area contributed by atoms with E-state index >= 15 is 0 Å². The molecule has 2 rings (SSSR count). The van der Waals surface area contributed by atoms with Crippen molar-refractivity contribution in [2.45, 2.75) is 13.8 Å². The highest BCUT2D eigenvalue weighted by Gasteiger charge is 2.46. The molecule has 0 saturated carbocycles. The van der Waals surface area contributed by atoms with Crippen molar-refractivity contribution in [3.05, 3.63) is 24.3 Å². The molecule has 0 bridgehead atoms. The van der Waals surface area contributed by atoms with Gasteiger partial charge in [-0.2, -0.15) is 0 Å². The minimum atomic E-state index is -1.02. The first kappa shape index (κ1) is 17.5. The van der Waals surface area contributed by atoms with Gasteiger partial charge >= 0.3 is 17.8 Å². The van der Waals surface area contributed by atoms with E-state index in [4.69, 9.17) is 4.74 Å². The van der Waals surface area contributed by atoms with Crippen molar-refractivity contribution in [1.82, 2.24) is 10.2 Å². The van der Waals surface area contributed by atoms with Crippen molar-refractivity contribution in [3.63, 3.8) is 0 Å². The number of nitrogens with one attached hydrogen (secondary N) is 1. The molecule has 1 aliphatic heterocycles. The molecule has 0 atom stereocenters. The molecule has 0 spiro atoms. The molecule has 1 aliphatic rings. The summed E-state index contributed by atoms with van der Waals surface area (Å²) in [6, 6.07) is 5.28. The average molecular weight is 333 g/mol. The van der Waals surface area contributed by atoms with E-state index in [0.29, 0.717) is 17.2 Å². The molecule has 0 radical (unpaired) electrons. The second kappa shape index (κ2) is 7.12. The Labute approximate surface area is 139 Å². The number of benzene rings is 1. The van der Waals surface area contributed by atoms with Gasteiger partial charge in [-0.15, -0.1) is 0 Å². The second-order valence-corrected chi connectivity index (χ2v) is 5.71. The molecule has 0 aromatic heterocycles. The first-order valence-electron chi connectivity index (χ1n) is 7.45. The van der Waals surface area contributed by atoms with E-state index in [1.165, 1.54) is 19.2 Å². The summed E-state index contributed by atoms with van der Waals surface area (Å²) in [6.07, 6.45) is 0. The topological polar surface area (TPSA) is 96.0 Å². The van der Waals surface area contributed by atoms with Gasteiger partial charge in [-0.3, -0.25) is 14.4 Å². The Morgan fingerprint density at radius 2 is 1.75 bits per heavy atom. The Morgan fingerprint density at radius 1 is 1.12 bits per heavy atom. The van der Waals surface area contributed by atoms with E-state index in [-0.39, 0.29) is 11.6 Å². The van der Waals surface area contributed by atoms with Crippen molar-refractivity contribution in [2.75, 3.05) is 25.1 Å². The lowest BCUT2D eigenvalue weighted by atomic mass is 10.2. The van der Waals surface area contributed by atoms with Gasteiger partial charge in [-0.05, 0) is 30.2 Å². The normalized spacial score (nSPS) is 14.6. The number of anilines is 1. The van der Waals surface area contributed by atoms with Crippen molar-refractivity contribution in [3.8, 4) is 5.75 Å². The molecular weight excluding hydrogens is 314 g/mol. The highest BCUT2D eigenvalue weighted by molar-refractivity contribution is 6.53. The Kier molecular flexibility index (Phi) is 5.18. The number of rotatable bonds is 6. The number of carbonyl (C=O) groups excluding carboxylic acids is 4. The summed E-state index contributed by atoms with van der Waals surface area (Å²) in [5.41, 5.74) is 0.240. The molecule has 1 aromatic rings. The van der Waals surface area contributed by atoms with E-state index in [9.17, 15) is 19.2 Å². The molecule has 5 amide bonds. The largest absolute Gasteiger partial charge is 0.497 e. The fourth-order valence-corrected chi connectivity index (χ4v) is 2.12. The number of methoxy groups -OCH3 is 1. The Balaban J connectivity index is 2.13. The lowest BCUT2D eigenvalue weighted by Crippen LogP contribution is -2.42. The van der Waals surface area contributed by atoms with Gasteiger partial charge in [0.15, 0.2) is 0 Å². The van der Waals surface area contributed by atoms with Crippen LogP contribution < -0.4 is 15.0 Å². The number of ether oxygens (including phenoxy) is 1. The van der Waals surface area contributed by atoms with Gasteiger partial charge in [0, 0.05) is 6.54 Å². The highest BCUT2D eigenvalue weighted by atomic mass is 16.5. The van der Waals surface area contributed by atoms with Crippen molar-refractivity contribution in [2.24, 2.45) is 5.92 Å². The lowest BCUT2D eigenvalue weighted by Gasteiger charge is -2.16. The van der Waals surface area contributed by atoms with E-state index in [2.05, 4.69) is 5.32 Å². The number of hydrogen-bond donors (Lipinski definition) is 1. The monoisotopic (exact) mass is 333 g/mol. The summed E-state index contributed by atoms with van der Waals surface area (Å²) in [5, 5.41) is 2.60. The molecule has 8 nitrogen and oxygen atoms in total. The smallest absolute Gasteiger partial charge is 0.339 e. The van der Waals surface area contributed by atoms with E-state index in [0.717, 1.165) is 4.90 Å². The number of imide groups is 2. The molecule has 1 saturated heterocycles. The van der Waals surface area contributed by atoms with Gasteiger partial charge in [-0.1, -0.05) is 13.8 Å². The molecular formula is C16H19N3O5. The summed E-state index contributed by atoms with van der Waals surface area (Å²) in [7, 11) is 1.49. The van der Waals surface area contributed by atoms with Crippen LogP contribution in [0.1, 0.15) is 13.8 Å². The van der Waals surface area contributed by atoms with E-state index < -0.39 is 30.3 Å². The minimum Gasteiger partial charge on any atom is -0.497 e. The van der Waals surface area contributed by atoms with Crippen LogP contribution in [-0.4, -0.2) is 48.9 Å².